The molecule has 5 heteroatoms. The average molecular weight is 343 g/mol. The maximum absolute atomic E-state index is 13.0. The van der Waals surface area contributed by atoms with Crippen molar-refractivity contribution in [1.82, 2.24) is 5.32 Å². The van der Waals surface area contributed by atoms with Gasteiger partial charge in [-0.25, -0.2) is 4.39 Å². The first-order chi connectivity index (χ1) is 11.8. The van der Waals surface area contributed by atoms with Crippen LogP contribution in [0.3, 0.4) is 0 Å². The molecule has 0 radical (unpaired) electrons. The number of carboxylic acids is 1. The number of rotatable bonds is 7. The fraction of sp³-hybridized carbons (Fsp3) is 0.300. The van der Waals surface area contributed by atoms with Crippen molar-refractivity contribution in [2.75, 3.05) is 0 Å². The van der Waals surface area contributed by atoms with Gasteiger partial charge in [-0.3, -0.25) is 9.59 Å². The van der Waals surface area contributed by atoms with Gasteiger partial charge < -0.3 is 10.4 Å². The Kier molecular flexibility index (Phi) is 6.28. The first-order valence-corrected chi connectivity index (χ1v) is 8.17. The third kappa shape index (κ3) is 6.03. The number of halogens is 1. The van der Waals surface area contributed by atoms with Crippen LogP contribution in [0.15, 0.2) is 42.5 Å². The van der Waals surface area contributed by atoms with Gasteiger partial charge in [0.05, 0.1) is 12.5 Å². The molecule has 0 bridgehead atoms. The van der Waals surface area contributed by atoms with Crippen molar-refractivity contribution < 1.29 is 19.1 Å². The van der Waals surface area contributed by atoms with Gasteiger partial charge >= 0.3 is 5.97 Å². The van der Waals surface area contributed by atoms with Crippen molar-refractivity contribution in [3.8, 4) is 0 Å². The van der Waals surface area contributed by atoms with E-state index in [1.807, 2.05) is 26.0 Å². The maximum Gasteiger partial charge on any atom is 0.305 e. The molecule has 2 N–H and O–H groups in total. The fourth-order valence-electron chi connectivity index (χ4n) is 2.86. The molecule has 1 unspecified atom stereocenters. The van der Waals surface area contributed by atoms with E-state index in [0.29, 0.717) is 12.0 Å². The second-order valence-corrected chi connectivity index (χ2v) is 6.27. The summed E-state index contributed by atoms with van der Waals surface area (Å²) in [5, 5.41) is 11.8. The molecule has 2 aromatic rings. The number of aliphatic carboxylic acids is 1. The standard InChI is InChI=1S/C20H22FNO3/c1-13-9-14(2)11-15(10-13)3-8-19(23)22-18(12-20(24)25)16-4-6-17(21)7-5-16/h4-7,9-11,18H,3,8,12H2,1-2H3,(H,22,23)(H,24,25). The minimum absolute atomic E-state index is 0.227. The van der Waals surface area contributed by atoms with Crippen LogP contribution in [-0.4, -0.2) is 17.0 Å². The predicted molar refractivity (Wildman–Crippen MR) is 93.8 cm³/mol. The summed E-state index contributed by atoms with van der Waals surface area (Å²) >= 11 is 0. The molecule has 0 spiro atoms. The molecule has 2 aromatic carbocycles. The molecule has 0 heterocycles. The Bertz CT molecular complexity index is 736. The zero-order valence-corrected chi connectivity index (χ0v) is 14.4. The number of nitrogens with one attached hydrogen (secondary N) is 1. The zero-order chi connectivity index (χ0) is 18.4. The normalized spacial score (nSPS) is 11.8. The van der Waals surface area contributed by atoms with Gasteiger partial charge in [-0.1, -0.05) is 41.5 Å². The van der Waals surface area contributed by atoms with Crippen LogP contribution in [0.4, 0.5) is 4.39 Å². The summed E-state index contributed by atoms with van der Waals surface area (Å²) in [6.07, 6.45) is 0.596. The van der Waals surface area contributed by atoms with E-state index in [1.165, 1.54) is 24.3 Å². The van der Waals surface area contributed by atoms with Crippen LogP contribution in [0.5, 0.6) is 0 Å². The summed E-state index contributed by atoms with van der Waals surface area (Å²) in [7, 11) is 0. The van der Waals surface area contributed by atoms with Gasteiger partial charge in [0, 0.05) is 6.42 Å². The molecular weight excluding hydrogens is 321 g/mol. The number of amides is 1. The average Bonchev–Trinajstić information content (AvgIpc) is 2.52. The molecule has 0 aliphatic carbocycles. The number of carboxylic acid groups (broad SMARTS) is 1. The number of benzene rings is 2. The Morgan fingerprint density at radius 3 is 2.24 bits per heavy atom. The minimum atomic E-state index is -1.02. The molecule has 4 nitrogen and oxygen atoms in total. The SMILES string of the molecule is Cc1cc(C)cc(CCC(=O)NC(CC(=O)O)c2ccc(F)cc2)c1. The van der Waals surface area contributed by atoms with Crippen molar-refractivity contribution in [2.24, 2.45) is 0 Å². The lowest BCUT2D eigenvalue weighted by Crippen LogP contribution is -2.30. The Balaban J connectivity index is 2.01. The maximum atomic E-state index is 13.0. The van der Waals surface area contributed by atoms with Crippen molar-refractivity contribution in [3.05, 3.63) is 70.5 Å². The van der Waals surface area contributed by atoms with E-state index in [4.69, 9.17) is 5.11 Å². The third-order valence-corrected chi connectivity index (χ3v) is 3.91. The molecule has 132 valence electrons. The number of hydrogen-bond acceptors (Lipinski definition) is 2. The van der Waals surface area contributed by atoms with Gasteiger partial charge in [-0.2, -0.15) is 0 Å². The lowest BCUT2D eigenvalue weighted by Gasteiger charge is -2.17. The van der Waals surface area contributed by atoms with Gasteiger partial charge in [0.1, 0.15) is 5.82 Å². The molecular formula is C20H22FNO3. The monoisotopic (exact) mass is 343 g/mol. The number of hydrogen-bond donors (Lipinski definition) is 2. The molecule has 0 fully saturated rings. The Hall–Kier alpha value is -2.69. The summed E-state index contributed by atoms with van der Waals surface area (Å²) in [4.78, 5) is 23.3. The number of aryl methyl sites for hydroxylation is 3. The van der Waals surface area contributed by atoms with Crippen molar-refractivity contribution in [3.63, 3.8) is 0 Å². The van der Waals surface area contributed by atoms with Crippen molar-refractivity contribution in [1.29, 1.82) is 0 Å². The molecule has 0 aliphatic rings. The quantitative estimate of drug-likeness (QED) is 0.805. The lowest BCUT2D eigenvalue weighted by atomic mass is 10.0. The van der Waals surface area contributed by atoms with E-state index in [1.54, 1.807) is 0 Å². The highest BCUT2D eigenvalue weighted by atomic mass is 19.1. The first kappa shape index (κ1) is 18.6. The van der Waals surface area contributed by atoms with Gasteiger partial charge in [-0.15, -0.1) is 0 Å². The van der Waals surface area contributed by atoms with Crippen molar-refractivity contribution >= 4 is 11.9 Å². The van der Waals surface area contributed by atoms with E-state index in [-0.39, 0.29) is 18.7 Å². The molecule has 2 rings (SSSR count). The van der Waals surface area contributed by atoms with E-state index in [9.17, 15) is 14.0 Å². The Morgan fingerprint density at radius 1 is 1.08 bits per heavy atom. The fourth-order valence-corrected chi connectivity index (χ4v) is 2.86. The molecule has 1 atom stereocenters. The topological polar surface area (TPSA) is 66.4 Å². The van der Waals surface area contributed by atoms with Crippen LogP contribution in [0.25, 0.3) is 0 Å². The van der Waals surface area contributed by atoms with E-state index >= 15 is 0 Å². The van der Waals surface area contributed by atoms with Crippen LogP contribution < -0.4 is 5.32 Å². The number of carbonyl (C=O) groups is 2. The van der Waals surface area contributed by atoms with E-state index < -0.39 is 17.8 Å². The highest BCUT2D eigenvalue weighted by Gasteiger charge is 2.18. The van der Waals surface area contributed by atoms with Crippen LogP contribution in [0.2, 0.25) is 0 Å². The Labute approximate surface area is 146 Å². The molecule has 0 saturated heterocycles. The predicted octanol–water partition coefficient (Wildman–Crippen LogP) is 3.71. The second-order valence-electron chi connectivity index (χ2n) is 6.27. The number of carbonyl (C=O) groups excluding carboxylic acids is 1. The highest BCUT2D eigenvalue weighted by molar-refractivity contribution is 5.78. The molecule has 0 aliphatic heterocycles. The van der Waals surface area contributed by atoms with Gasteiger partial charge in [0.2, 0.25) is 5.91 Å². The molecule has 0 aromatic heterocycles. The van der Waals surface area contributed by atoms with Crippen LogP contribution in [-0.2, 0) is 16.0 Å². The summed E-state index contributed by atoms with van der Waals surface area (Å²) in [5.74, 6) is -1.65. The summed E-state index contributed by atoms with van der Waals surface area (Å²) < 4.78 is 13.0. The van der Waals surface area contributed by atoms with Gasteiger partial charge in [-0.05, 0) is 43.5 Å². The van der Waals surface area contributed by atoms with E-state index in [0.717, 1.165) is 16.7 Å². The van der Waals surface area contributed by atoms with Gasteiger partial charge in [0.15, 0.2) is 0 Å². The summed E-state index contributed by atoms with van der Waals surface area (Å²) in [5.41, 5.74) is 3.93. The Morgan fingerprint density at radius 2 is 1.68 bits per heavy atom. The minimum Gasteiger partial charge on any atom is -0.481 e. The van der Waals surface area contributed by atoms with Gasteiger partial charge in [0.25, 0.3) is 0 Å². The molecule has 0 saturated carbocycles. The van der Waals surface area contributed by atoms with Crippen LogP contribution >= 0.6 is 0 Å². The smallest absolute Gasteiger partial charge is 0.305 e. The lowest BCUT2D eigenvalue weighted by molar-refractivity contribution is -0.137. The van der Waals surface area contributed by atoms with E-state index in [2.05, 4.69) is 11.4 Å². The van der Waals surface area contributed by atoms with Crippen LogP contribution in [0.1, 0.15) is 41.1 Å². The first-order valence-electron chi connectivity index (χ1n) is 8.17. The molecule has 1 amide bonds. The van der Waals surface area contributed by atoms with Crippen LogP contribution in [0, 0.1) is 19.7 Å². The zero-order valence-electron chi connectivity index (χ0n) is 14.4. The van der Waals surface area contributed by atoms with Crippen molar-refractivity contribution in [2.45, 2.75) is 39.2 Å². The second kappa shape index (κ2) is 8.42. The third-order valence-electron chi connectivity index (χ3n) is 3.91. The summed E-state index contributed by atoms with van der Waals surface area (Å²) in [6, 6.07) is 11.0. The largest absolute Gasteiger partial charge is 0.481 e. The molecule has 25 heavy (non-hydrogen) atoms. The summed E-state index contributed by atoms with van der Waals surface area (Å²) in [6.45, 7) is 4.02. The highest BCUT2D eigenvalue weighted by Crippen LogP contribution is 2.18.